The van der Waals surface area contributed by atoms with Crippen LogP contribution in [0.15, 0.2) is 24.3 Å². The molecule has 0 aliphatic rings. The van der Waals surface area contributed by atoms with Crippen molar-refractivity contribution in [2.45, 2.75) is 18.9 Å². The third-order valence-corrected chi connectivity index (χ3v) is 3.55. The van der Waals surface area contributed by atoms with Gasteiger partial charge in [0.25, 0.3) is 0 Å². The van der Waals surface area contributed by atoms with Gasteiger partial charge in [-0.3, -0.25) is 0 Å². The third-order valence-electron chi connectivity index (χ3n) is 2.53. The normalized spacial score (nSPS) is 12.6. The quantitative estimate of drug-likeness (QED) is 0.873. The van der Waals surface area contributed by atoms with Gasteiger partial charge in [-0.2, -0.15) is 4.37 Å². The predicted molar refractivity (Wildman–Crippen MR) is 74.9 cm³/mol. The number of rotatable bonds is 5. The maximum atomic E-state index is 5.84. The standard InChI is InChI=1S/C12H15ClN4S/c13-9-3-1-8(2-4-9)5-11-16-12(18-17-11)6-10(15)7-14/h1-4,10H,5-7,14-15H2. The fraction of sp³-hybridized carbons (Fsp3) is 0.333. The summed E-state index contributed by atoms with van der Waals surface area (Å²) in [5, 5.41) is 1.68. The number of hydrogen-bond donors (Lipinski definition) is 2. The van der Waals surface area contributed by atoms with E-state index in [1.165, 1.54) is 11.5 Å². The minimum atomic E-state index is -0.0404. The molecular weight excluding hydrogens is 268 g/mol. The number of hydrogen-bond acceptors (Lipinski definition) is 5. The highest BCUT2D eigenvalue weighted by Crippen LogP contribution is 2.14. The lowest BCUT2D eigenvalue weighted by molar-refractivity contribution is 0.674. The summed E-state index contributed by atoms with van der Waals surface area (Å²) >= 11 is 7.23. The van der Waals surface area contributed by atoms with Crippen molar-refractivity contribution < 1.29 is 0 Å². The Morgan fingerprint density at radius 2 is 2.00 bits per heavy atom. The van der Waals surface area contributed by atoms with Gasteiger partial charge < -0.3 is 11.5 Å². The van der Waals surface area contributed by atoms with Crippen molar-refractivity contribution in [2.75, 3.05) is 6.54 Å². The van der Waals surface area contributed by atoms with Crippen molar-refractivity contribution in [3.63, 3.8) is 0 Å². The number of benzene rings is 1. The zero-order valence-electron chi connectivity index (χ0n) is 9.84. The summed E-state index contributed by atoms with van der Waals surface area (Å²) in [6.07, 6.45) is 1.40. The van der Waals surface area contributed by atoms with Crippen molar-refractivity contribution in [1.29, 1.82) is 0 Å². The minimum absolute atomic E-state index is 0.0404. The molecule has 6 heteroatoms. The molecule has 4 N–H and O–H groups in total. The van der Waals surface area contributed by atoms with Gasteiger partial charge in [0.1, 0.15) is 10.8 Å². The van der Waals surface area contributed by atoms with E-state index in [1.807, 2.05) is 24.3 Å². The largest absolute Gasteiger partial charge is 0.329 e. The van der Waals surface area contributed by atoms with Gasteiger partial charge in [-0.25, -0.2) is 4.98 Å². The zero-order chi connectivity index (χ0) is 13.0. The highest BCUT2D eigenvalue weighted by atomic mass is 35.5. The van der Waals surface area contributed by atoms with Gasteiger partial charge in [-0.15, -0.1) is 0 Å². The predicted octanol–water partition coefficient (Wildman–Crippen LogP) is 1.61. The average Bonchev–Trinajstić information content (AvgIpc) is 2.79. The second-order valence-electron chi connectivity index (χ2n) is 4.11. The van der Waals surface area contributed by atoms with E-state index in [0.717, 1.165) is 21.4 Å². The van der Waals surface area contributed by atoms with Crippen LogP contribution in [0.1, 0.15) is 16.4 Å². The van der Waals surface area contributed by atoms with E-state index < -0.39 is 0 Å². The van der Waals surface area contributed by atoms with Gasteiger partial charge >= 0.3 is 0 Å². The molecule has 2 rings (SSSR count). The van der Waals surface area contributed by atoms with E-state index in [9.17, 15) is 0 Å². The zero-order valence-corrected chi connectivity index (χ0v) is 11.4. The summed E-state index contributed by atoms with van der Waals surface area (Å²) in [5.41, 5.74) is 12.4. The van der Waals surface area contributed by atoms with E-state index >= 15 is 0 Å². The monoisotopic (exact) mass is 282 g/mol. The van der Waals surface area contributed by atoms with E-state index in [2.05, 4.69) is 9.36 Å². The van der Waals surface area contributed by atoms with E-state index in [-0.39, 0.29) is 6.04 Å². The Labute approximate surface area is 115 Å². The van der Waals surface area contributed by atoms with Crippen LogP contribution in [-0.4, -0.2) is 21.9 Å². The van der Waals surface area contributed by atoms with Crippen molar-refractivity contribution in [3.05, 3.63) is 45.7 Å². The highest BCUT2D eigenvalue weighted by molar-refractivity contribution is 7.05. The lowest BCUT2D eigenvalue weighted by Gasteiger charge is -2.03. The molecule has 96 valence electrons. The van der Waals surface area contributed by atoms with Crippen LogP contribution in [0.4, 0.5) is 0 Å². The van der Waals surface area contributed by atoms with Crippen LogP contribution >= 0.6 is 23.1 Å². The molecule has 0 fully saturated rings. The van der Waals surface area contributed by atoms with E-state index in [1.54, 1.807) is 0 Å². The summed E-state index contributed by atoms with van der Waals surface area (Å²) in [4.78, 5) is 4.45. The molecule has 1 heterocycles. The summed E-state index contributed by atoms with van der Waals surface area (Å²) in [6, 6.07) is 7.66. The number of nitrogens with zero attached hydrogens (tertiary/aromatic N) is 2. The molecule has 0 saturated carbocycles. The Balaban J connectivity index is 2.00. The van der Waals surface area contributed by atoms with Crippen LogP contribution in [-0.2, 0) is 12.8 Å². The van der Waals surface area contributed by atoms with Crippen molar-refractivity contribution in [3.8, 4) is 0 Å². The van der Waals surface area contributed by atoms with E-state index in [0.29, 0.717) is 19.4 Å². The molecule has 0 saturated heterocycles. The molecule has 0 amide bonds. The van der Waals surface area contributed by atoms with Crippen LogP contribution in [0, 0.1) is 0 Å². The highest BCUT2D eigenvalue weighted by Gasteiger charge is 2.08. The molecule has 0 aliphatic heterocycles. The Morgan fingerprint density at radius 1 is 1.28 bits per heavy atom. The molecule has 1 unspecified atom stereocenters. The maximum Gasteiger partial charge on any atom is 0.146 e. The number of nitrogens with two attached hydrogens (primary N) is 2. The molecule has 1 aromatic heterocycles. The molecule has 0 bridgehead atoms. The average molecular weight is 283 g/mol. The number of aromatic nitrogens is 2. The molecule has 0 radical (unpaired) electrons. The first kappa shape index (κ1) is 13.4. The van der Waals surface area contributed by atoms with Gasteiger partial charge in [-0.1, -0.05) is 23.7 Å². The van der Waals surface area contributed by atoms with Crippen LogP contribution < -0.4 is 11.5 Å². The van der Waals surface area contributed by atoms with Crippen molar-refractivity contribution in [2.24, 2.45) is 11.5 Å². The van der Waals surface area contributed by atoms with E-state index in [4.69, 9.17) is 23.1 Å². The second kappa shape index (κ2) is 6.24. The van der Waals surface area contributed by atoms with Crippen LogP contribution in [0.2, 0.25) is 5.02 Å². The molecule has 2 aromatic rings. The Kier molecular flexibility index (Phi) is 4.66. The molecule has 0 aliphatic carbocycles. The number of halogens is 1. The fourth-order valence-electron chi connectivity index (χ4n) is 1.54. The molecule has 4 nitrogen and oxygen atoms in total. The first-order chi connectivity index (χ1) is 8.67. The Hall–Kier alpha value is -1.01. The van der Waals surface area contributed by atoms with Gasteiger partial charge in [0.2, 0.25) is 0 Å². The third kappa shape index (κ3) is 3.74. The Morgan fingerprint density at radius 3 is 2.67 bits per heavy atom. The topological polar surface area (TPSA) is 77.8 Å². The first-order valence-electron chi connectivity index (χ1n) is 5.69. The molecule has 1 aromatic carbocycles. The summed E-state index contributed by atoms with van der Waals surface area (Å²) < 4.78 is 4.32. The fourth-order valence-corrected chi connectivity index (χ4v) is 2.41. The van der Waals surface area contributed by atoms with Crippen molar-refractivity contribution in [1.82, 2.24) is 9.36 Å². The first-order valence-corrected chi connectivity index (χ1v) is 6.84. The van der Waals surface area contributed by atoms with Crippen molar-refractivity contribution >= 4 is 23.1 Å². The Bertz CT molecular complexity index is 497. The second-order valence-corrected chi connectivity index (χ2v) is 5.38. The summed E-state index contributed by atoms with van der Waals surface area (Å²) in [5.74, 6) is 0.821. The lowest BCUT2D eigenvalue weighted by atomic mass is 10.1. The van der Waals surface area contributed by atoms with Gasteiger partial charge in [-0.05, 0) is 29.2 Å². The van der Waals surface area contributed by atoms with Gasteiger partial charge in [0, 0.05) is 30.5 Å². The lowest BCUT2D eigenvalue weighted by Crippen LogP contribution is -2.31. The molecular formula is C12H15ClN4S. The molecule has 18 heavy (non-hydrogen) atoms. The van der Waals surface area contributed by atoms with Crippen LogP contribution in [0.25, 0.3) is 0 Å². The SMILES string of the molecule is NCC(N)Cc1nc(Cc2ccc(Cl)cc2)ns1. The smallest absolute Gasteiger partial charge is 0.146 e. The summed E-state index contributed by atoms with van der Waals surface area (Å²) in [7, 11) is 0. The maximum absolute atomic E-state index is 5.84. The van der Waals surface area contributed by atoms with Crippen LogP contribution in [0.5, 0.6) is 0 Å². The minimum Gasteiger partial charge on any atom is -0.329 e. The summed E-state index contributed by atoms with van der Waals surface area (Å²) in [6.45, 7) is 0.464. The van der Waals surface area contributed by atoms with Gasteiger partial charge in [0.15, 0.2) is 0 Å². The van der Waals surface area contributed by atoms with Crippen LogP contribution in [0.3, 0.4) is 0 Å². The van der Waals surface area contributed by atoms with Gasteiger partial charge in [0.05, 0.1) is 0 Å². The molecule has 1 atom stereocenters. The molecule has 0 spiro atoms.